The van der Waals surface area contributed by atoms with E-state index < -0.39 is 5.41 Å². The highest BCUT2D eigenvalue weighted by molar-refractivity contribution is 6.35. The maximum atomic E-state index is 12.6. The van der Waals surface area contributed by atoms with Gasteiger partial charge < -0.3 is 10.6 Å². The Kier molecular flexibility index (Phi) is 5.02. The van der Waals surface area contributed by atoms with Gasteiger partial charge in [0.15, 0.2) is 0 Å². The number of carbonyl (C=O) groups is 2. The van der Waals surface area contributed by atoms with E-state index in [4.69, 9.17) is 23.2 Å². The topological polar surface area (TPSA) is 58.2 Å². The Morgan fingerprint density at radius 1 is 1.04 bits per heavy atom. The van der Waals surface area contributed by atoms with E-state index in [0.29, 0.717) is 35.1 Å². The van der Waals surface area contributed by atoms with Crippen LogP contribution in [0.3, 0.4) is 0 Å². The molecule has 0 atom stereocenters. The summed E-state index contributed by atoms with van der Waals surface area (Å²) in [6.07, 6.45) is 1.07. The van der Waals surface area contributed by atoms with Crippen molar-refractivity contribution in [2.24, 2.45) is 5.41 Å². The first-order chi connectivity index (χ1) is 11.9. The van der Waals surface area contributed by atoms with Crippen molar-refractivity contribution in [3.63, 3.8) is 0 Å². The van der Waals surface area contributed by atoms with Crippen molar-refractivity contribution in [2.75, 3.05) is 5.32 Å². The molecule has 25 heavy (non-hydrogen) atoms. The third-order valence-corrected chi connectivity index (χ3v) is 4.88. The quantitative estimate of drug-likeness (QED) is 0.762. The number of rotatable bonds is 5. The van der Waals surface area contributed by atoms with Crippen LogP contribution in [-0.2, 0) is 16.1 Å². The molecule has 1 saturated carbocycles. The average Bonchev–Trinajstić information content (AvgIpc) is 3.34. The third kappa shape index (κ3) is 3.97. The second-order valence-corrected chi connectivity index (χ2v) is 7.18. The maximum absolute atomic E-state index is 12.6. The molecular weight excluding hydrogens is 359 g/mol. The summed E-state index contributed by atoms with van der Waals surface area (Å²) >= 11 is 11.9. The molecule has 1 fully saturated rings. The van der Waals surface area contributed by atoms with Crippen molar-refractivity contribution in [2.45, 2.75) is 26.3 Å². The Morgan fingerprint density at radius 2 is 1.68 bits per heavy atom. The Morgan fingerprint density at radius 3 is 2.28 bits per heavy atom. The van der Waals surface area contributed by atoms with Crippen molar-refractivity contribution >= 4 is 40.7 Å². The van der Waals surface area contributed by atoms with E-state index in [0.717, 1.165) is 11.1 Å². The minimum Gasteiger partial charge on any atom is -0.351 e. The molecule has 2 aromatic carbocycles. The van der Waals surface area contributed by atoms with Gasteiger partial charge in [-0.25, -0.2) is 0 Å². The van der Waals surface area contributed by atoms with E-state index in [2.05, 4.69) is 10.6 Å². The van der Waals surface area contributed by atoms with Gasteiger partial charge in [0.2, 0.25) is 11.8 Å². The van der Waals surface area contributed by atoms with Gasteiger partial charge in [0.1, 0.15) is 5.41 Å². The van der Waals surface area contributed by atoms with Crippen LogP contribution in [0.25, 0.3) is 0 Å². The highest BCUT2D eigenvalue weighted by Gasteiger charge is 2.56. The predicted molar refractivity (Wildman–Crippen MR) is 99.8 cm³/mol. The summed E-state index contributed by atoms with van der Waals surface area (Å²) in [6.45, 7) is 2.40. The SMILES string of the molecule is Cc1ccccc1CNC(=O)C1(C(=O)Nc2cc(Cl)cc(Cl)c2)CC1. The summed E-state index contributed by atoms with van der Waals surface area (Å²) in [6, 6.07) is 12.6. The van der Waals surface area contributed by atoms with Crippen molar-refractivity contribution in [3.8, 4) is 0 Å². The molecule has 0 unspecified atom stereocenters. The van der Waals surface area contributed by atoms with Crippen LogP contribution >= 0.6 is 23.2 Å². The fraction of sp³-hybridized carbons (Fsp3) is 0.263. The maximum Gasteiger partial charge on any atom is 0.240 e. The van der Waals surface area contributed by atoms with Gasteiger partial charge in [-0.1, -0.05) is 47.5 Å². The fourth-order valence-electron chi connectivity index (χ4n) is 2.71. The van der Waals surface area contributed by atoms with Crippen molar-refractivity contribution in [3.05, 3.63) is 63.6 Å². The summed E-state index contributed by atoms with van der Waals surface area (Å²) < 4.78 is 0. The fourth-order valence-corrected chi connectivity index (χ4v) is 3.24. The molecule has 0 radical (unpaired) electrons. The number of halogens is 2. The zero-order valence-corrected chi connectivity index (χ0v) is 15.2. The zero-order valence-electron chi connectivity index (χ0n) is 13.7. The van der Waals surface area contributed by atoms with Crippen LogP contribution in [-0.4, -0.2) is 11.8 Å². The number of anilines is 1. The molecule has 4 nitrogen and oxygen atoms in total. The number of hydrogen-bond acceptors (Lipinski definition) is 2. The molecule has 0 saturated heterocycles. The zero-order chi connectivity index (χ0) is 18.0. The van der Waals surface area contributed by atoms with E-state index in [9.17, 15) is 9.59 Å². The summed E-state index contributed by atoms with van der Waals surface area (Å²) in [5.74, 6) is -0.575. The van der Waals surface area contributed by atoms with Crippen LogP contribution in [0.2, 0.25) is 10.0 Å². The highest BCUT2D eigenvalue weighted by atomic mass is 35.5. The molecule has 1 aliphatic carbocycles. The van der Waals surface area contributed by atoms with Crippen LogP contribution in [0.1, 0.15) is 24.0 Å². The van der Waals surface area contributed by atoms with Gasteiger partial charge in [-0.2, -0.15) is 0 Å². The standard InChI is InChI=1S/C19H18Cl2N2O2/c1-12-4-2-3-5-13(12)11-22-17(24)19(6-7-19)18(25)23-16-9-14(20)8-15(21)10-16/h2-5,8-10H,6-7,11H2,1H3,(H,22,24)(H,23,25). The second kappa shape index (κ2) is 7.06. The second-order valence-electron chi connectivity index (χ2n) is 6.30. The van der Waals surface area contributed by atoms with Gasteiger partial charge in [-0.15, -0.1) is 0 Å². The molecule has 0 spiro atoms. The van der Waals surface area contributed by atoms with Gasteiger partial charge in [0.05, 0.1) is 0 Å². The van der Waals surface area contributed by atoms with Crippen LogP contribution in [0.5, 0.6) is 0 Å². The first-order valence-corrected chi connectivity index (χ1v) is 8.77. The molecule has 0 aliphatic heterocycles. The first-order valence-electron chi connectivity index (χ1n) is 8.01. The minimum absolute atomic E-state index is 0.249. The molecule has 2 N–H and O–H groups in total. The smallest absolute Gasteiger partial charge is 0.240 e. The lowest BCUT2D eigenvalue weighted by Crippen LogP contribution is -2.39. The van der Waals surface area contributed by atoms with Crippen LogP contribution in [0.4, 0.5) is 5.69 Å². The third-order valence-electron chi connectivity index (χ3n) is 4.44. The Bertz CT molecular complexity index is 812. The molecule has 0 aromatic heterocycles. The molecule has 130 valence electrons. The molecule has 3 rings (SSSR count). The lowest BCUT2D eigenvalue weighted by molar-refractivity contribution is -0.134. The monoisotopic (exact) mass is 376 g/mol. The number of nitrogens with one attached hydrogen (secondary N) is 2. The number of carbonyl (C=O) groups excluding carboxylic acids is 2. The molecule has 0 bridgehead atoms. The minimum atomic E-state index is -1.00. The van der Waals surface area contributed by atoms with Gasteiger partial charge in [0.25, 0.3) is 0 Å². The van der Waals surface area contributed by atoms with E-state index in [1.165, 1.54) is 0 Å². The number of aryl methyl sites for hydroxylation is 1. The number of amides is 2. The van der Waals surface area contributed by atoms with E-state index in [-0.39, 0.29) is 11.8 Å². The van der Waals surface area contributed by atoms with E-state index >= 15 is 0 Å². The number of benzene rings is 2. The lowest BCUT2D eigenvalue weighted by atomic mass is 10.0. The molecule has 6 heteroatoms. The summed E-state index contributed by atoms with van der Waals surface area (Å²) in [5, 5.41) is 6.48. The van der Waals surface area contributed by atoms with Crippen LogP contribution < -0.4 is 10.6 Å². The van der Waals surface area contributed by atoms with Gasteiger partial charge in [-0.3, -0.25) is 9.59 Å². The Balaban J connectivity index is 1.65. The molecular formula is C19H18Cl2N2O2. The average molecular weight is 377 g/mol. The Labute approximate surface area is 156 Å². The van der Waals surface area contributed by atoms with Crippen molar-refractivity contribution in [1.29, 1.82) is 0 Å². The predicted octanol–water partition coefficient (Wildman–Crippen LogP) is 4.34. The van der Waals surface area contributed by atoms with Gasteiger partial charge in [-0.05, 0) is 49.1 Å². The van der Waals surface area contributed by atoms with E-state index in [1.807, 2.05) is 31.2 Å². The summed E-state index contributed by atoms with van der Waals surface area (Å²) in [7, 11) is 0. The van der Waals surface area contributed by atoms with Crippen LogP contribution in [0.15, 0.2) is 42.5 Å². The lowest BCUT2D eigenvalue weighted by Gasteiger charge is -2.16. The van der Waals surface area contributed by atoms with Gasteiger partial charge >= 0.3 is 0 Å². The highest BCUT2D eigenvalue weighted by Crippen LogP contribution is 2.47. The molecule has 1 aliphatic rings. The van der Waals surface area contributed by atoms with Crippen LogP contribution in [0, 0.1) is 12.3 Å². The summed E-state index contributed by atoms with van der Waals surface area (Å²) in [5.41, 5.74) is 1.62. The van der Waals surface area contributed by atoms with Crippen molar-refractivity contribution < 1.29 is 9.59 Å². The Hall–Kier alpha value is -2.04. The van der Waals surface area contributed by atoms with Gasteiger partial charge in [0, 0.05) is 22.3 Å². The van der Waals surface area contributed by atoms with E-state index in [1.54, 1.807) is 18.2 Å². The molecule has 2 amide bonds. The number of hydrogen-bond donors (Lipinski definition) is 2. The van der Waals surface area contributed by atoms with Crippen molar-refractivity contribution in [1.82, 2.24) is 5.32 Å². The largest absolute Gasteiger partial charge is 0.351 e. The molecule has 2 aromatic rings. The molecule has 0 heterocycles. The summed E-state index contributed by atoms with van der Waals surface area (Å²) in [4.78, 5) is 25.1. The first kappa shape index (κ1) is 17.8. The normalized spacial score (nSPS) is 14.7.